The zero-order valence-electron chi connectivity index (χ0n) is 8.26. The van der Waals surface area contributed by atoms with Gasteiger partial charge in [-0.1, -0.05) is 27.4 Å². The van der Waals surface area contributed by atoms with Gasteiger partial charge in [0.25, 0.3) is 0 Å². The molecule has 0 aliphatic heterocycles. The second-order valence-electron chi connectivity index (χ2n) is 4.07. The summed E-state index contributed by atoms with van der Waals surface area (Å²) in [4.78, 5) is 0. The van der Waals surface area contributed by atoms with Crippen LogP contribution < -0.4 is 0 Å². The first-order valence-electron chi connectivity index (χ1n) is 4.10. The zero-order chi connectivity index (χ0) is 9.35. The molecule has 0 spiro atoms. The van der Waals surface area contributed by atoms with E-state index in [2.05, 4.69) is 32.4 Å². The van der Waals surface area contributed by atoms with E-state index >= 15 is 0 Å². The summed E-state index contributed by atoms with van der Waals surface area (Å²) in [6.07, 6.45) is 1.80. The van der Waals surface area contributed by atoms with Crippen molar-refractivity contribution in [2.45, 2.75) is 20.8 Å². The smallest absolute Gasteiger partial charge is 0.0637 e. The first kappa shape index (κ1) is 9.04. The molecule has 0 radical (unpaired) electrons. The van der Waals surface area contributed by atoms with Gasteiger partial charge in [0.15, 0.2) is 0 Å². The Labute approximate surface area is 73.9 Å². The van der Waals surface area contributed by atoms with Crippen LogP contribution in [0.3, 0.4) is 0 Å². The van der Waals surface area contributed by atoms with Gasteiger partial charge in [0.05, 0.1) is 5.69 Å². The molecule has 0 saturated heterocycles. The van der Waals surface area contributed by atoms with Crippen LogP contribution in [0.5, 0.6) is 0 Å². The van der Waals surface area contributed by atoms with Gasteiger partial charge in [-0.2, -0.15) is 5.10 Å². The van der Waals surface area contributed by atoms with E-state index in [1.54, 1.807) is 6.20 Å². The fourth-order valence-electron chi connectivity index (χ4n) is 1.05. The monoisotopic (exact) mass is 164 g/mol. The Kier molecular flexibility index (Phi) is 2.09. The Bertz CT molecular complexity index is 289. The molecule has 2 nitrogen and oxygen atoms in total. The highest BCUT2D eigenvalue weighted by atomic mass is 15.3. The first-order valence-corrected chi connectivity index (χ1v) is 4.10. The van der Waals surface area contributed by atoms with Gasteiger partial charge in [-0.15, -0.1) is 0 Å². The van der Waals surface area contributed by atoms with Crippen molar-refractivity contribution in [2.24, 2.45) is 12.5 Å². The Balaban J connectivity index is 3.01. The minimum atomic E-state index is 0.119. The highest BCUT2D eigenvalue weighted by molar-refractivity contribution is 5.64. The van der Waals surface area contributed by atoms with Gasteiger partial charge >= 0.3 is 0 Å². The summed E-state index contributed by atoms with van der Waals surface area (Å²) in [6, 6.07) is 1.99. The summed E-state index contributed by atoms with van der Waals surface area (Å²) >= 11 is 0. The van der Waals surface area contributed by atoms with Gasteiger partial charge in [-0.3, -0.25) is 4.68 Å². The minimum Gasteiger partial charge on any atom is -0.268 e. The third-order valence-corrected chi connectivity index (χ3v) is 2.04. The maximum atomic E-state index is 4.11. The van der Waals surface area contributed by atoms with Crippen molar-refractivity contribution in [1.29, 1.82) is 0 Å². The maximum absolute atomic E-state index is 4.11. The van der Waals surface area contributed by atoms with Gasteiger partial charge in [-0.05, 0) is 17.1 Å². The van der Waals surface area contributed by atoms with Gasteiger partial charge in [-0.25, -0.2) is 0 Å². The Hall–Kier alpha value is -1.05. The number of aromatic nitrogens is 2. The zero-order valence-corrected chi connectivity index (χ0v) is 8.26. The number of aryl methyl sites for hydroxylation is 1. The van der Waals surface area contributed by atoms with Crippen molar-refractivity contribution in [2.75, 3.05) is 0 Å². The minimum absolute atomic E-state index is 0.119. The summed E-state index contributed by atoms with van der Waals surface area (Å²) in [5.74, 6) is 0. The van der Waals surface area contributed by atoms with Crippen molar-refractivity contribution in [3.8, 4) is 0 Å². The standard InChI is InChI=1S/C10H16N2/c1-8(10(2,3)4)9-6-7-11-12(9)5/h6-7H,1H2,2-5H3. The predicted molar refractivity (Wildman–Crippen MR) is 51.7 cm³/mol. The number of nitrogens with zero attached hydrogens (tertiary/aromatic N) is 2. The highest BCUT2D eigenvalue weighted by Gasteiger charge is 2.18. The van der Waals surface area contributed by atoms with E-state index in [-0.39, 0.29) is 5.41 Å². The largest absolute Gasteiger partial charge is 0.268 e. The molecule has 0 fully saturated rings. The molecule has 1 heterocycles. The molecular formula is C10H16N2. The van der Waals surface area contributed by atoms with Crippen LogP contribution in [0.4, 0.5) is 0 Å². The Morgan fingerprint density at radius 1 is 1.50 bits per heavy atom. The average molecular weight is 164 g/mol. The van der Waals surface area contributed by atoms with Crippen molar-refractivity contribution < 1.29 is 0 Å². The summed E-state index contributed by atoms with van der Waals surface area (Å²) in [5.41, 5.74) is 2.36. The van der Waals surface area contributed by atoms with Crippen LogP contribution in [0.1, 0.15) is 26.5 Å². The Morgan fingerprint density at radius 3 is 2.42 bits per heavy atom. The van der Waals surface area contributed by atoms with E-state index in [1.807, 2.05) is 17.8 Å². The van der Waals surface area contributed by atoms with Crippen LogP contribution in [0.25, 0.3) is 5.57 Å². The van der Waals surface area contributed by atoms with E-state index in [0.29, 0.717) is 0 Å². The molecule has 2 heteroatoms. The fourth-order valence-corrected chi connectivity index (χ4v) is 1.05. The van der Waals surface area contributed by atoms with Crippen LogP contribution >= 0.6 is 0 Å². The molecule has 0 aliphatic rings. The van der Waals surface area contributed by atoms with Crippen molar-refractivity contribution in [3.05, 3.63) is 24.5 Å². The van der Waals surface area contributed by atoms with E-state index in [4.69, 9.17) is 0 Å². The van der Waals surface area contributed by atoms with E-state index < -0.39 is 0 Å². The lowest BCUT2D eigenvalue weighted by atomic mass is 9.86. The molecule has 0 bridgehead atoms. The van der Waals surface area contributed by atoms with Crippen molar-refractivity contribution in [1.82, 2.24) is 9.78 Å². The molecular weight excluding hydrogens is 148 g/mol. The van der Waals surface area contributed by atoms with E-state index in [0.717, 1.165) is 11.3 Å². The normalized spacial score (nSPS) is 11.7. The van der Waals surface area contributed by atoms with E-state index in [9.17, 15) is 0 Å². The van der Waals surface area contributed by atoms with Crippen molar-refractivity contribution >= 4 is 5.57 Å². The molecule has 1 rings (SSSR count). The molecule has 0 atom stereocenters. The first-order chi connectivity index (χ1) is 5.43. The van der Waals surface area contributed by atoms with Gasteiger partial charge in [0.1, 0.15) is 0 Å². The lowest BCUT2D eigenvalue weighted by Gasteiger charge is -2.21. The van der Waals surface area contributed by atoms with Gasteiger partial charge in [0, 0.05) is 13.2 Å². The molecule has 0 saturated carbocycles. The molecule has 0 N–H and O–H groups in total. The van der Waals surface area contributed by atoms with Crippen LogP contribution in [0.2, 0.25) is 0 Å². The number of allylic oxidation sites excluding steroid dienone is 1. The van der Waals surface area contributed by atoms with E-state index in [1.165, 1.54) is 0 Å². The van der Waals surface area contributed by atoms with Crippen molar-refractivity contribution in [3.63, 3.8) is 0 Å². The molecule has 12 heavy (non-hydrogen) atoms. The summed E-state index contributed by atoms with van der Waals surface area (Å²) in [6.45, 7) is 10.5. The summed E-state index contributed by atoms with van der Waals surface area (Å²) in [7, 11) is 1.94. The molecule has 1 aromatic heterocycles. The van der Waals surface area contributed by atoms with Crippen LogP contribution in [0.15, 0.2) is 18.8 Å². The third kappa shape index (κ3) is 1.58. The van der Waals surface area contributed by atoms with Gasteiger partial charge in [0.2, 0.25) is 0 Å². The molecule has 1 aromatic rings. The highest BCUT2D eigenvalue weighted by Crippen LogP contribution is 2.31. The fraction of sp³-hybridized carbons (Fsp3) is 0.500. The third-order valence-electron chi connectivity index (χ3n) is 2.04. The number of hydrogen-bond acceptors (Lipinski definition) is 1. The second-order valence-corrected chi connectivity index (χ2v) is 4.07. The summed E-state index contributed by atoms with van der Waals surface area (Å²) < 4.78 is 1.85. The SMILES string of the molecule is C=C(c1ccnn1C)C(C)(C)C. The van der Waals surface area contributed by atoms with Gasteiger partial charge < -0.3 is 0 Å². The molecule has 0 amide bonds. The molecule has 66 valence electrons. The number of hydrogen-bond donors (Lipinski definition) is 0. The quantitative estimate of drug-likeness (QED) is 0.623. The Morgan fingerprint density at radius 2 is 2.08 bits per heavy atom. The number of rotatable bonds is 1. The van der Waals surface area contributed by atoms with Crippen LogP contribution in [0, 0.1) is 5.41 Å². The topological polar surface area (TPSA) is 17.8 Å². The summed E-state index contributed by atoms with van der Waals surface area (Å²) in [5, 5.41) is 4.11. The molecule has 0 aromatic carbocycles. The lowest BCUT2D eigenvalue weighted by Crippen LogP contribution is -2.10. The predicted octanol–water partition coefficient (Wildman–Crippen LogP) is 2.48. The van der Waals surface area contributed by atoms with Crippen LogP contribution in [-0.2, 0) is 7.05 Å². The average Bonchev–Trinajstić information content (AvgIpc) is 2.31. The van der Waals surface area contributed by atoms with Crippen LogP contribution in [-0.4, -0.2) is 9.78 Å². The molecule has 0 aliphatic carbocycles. The molecule has 0 unspecified atom stereocenters. The second kappa shape index (κ2) is 2.77. The lowest BCUT2D eigenvalue weighted by molar-refractivity contribution is 0.559. The maximum Gasteiger partial charge on any atom is 0.0637 e.